The molecule has 0 unspecified atom stereocenters. The van der Waals surface area contributed by atoms with Crippen molar-refractivity contribution in [3.05, 3.63) is 59.4 Å². The van der Waals surface area contributed by atoms with Crippen molar-refractivity contribution in [3.8, 4) is 11.5 Å². The van der Waals surface area contributed by atoms with Crippen LogP contribution >= 0.6 is 0 Å². The van der Waals surface area contributed by atoms with Crippen LogP contribution in [0.15, 0.2) is 42.5 Å². The second-order valence-corrected chi connectivity index (χ2v) is 10.9. The predicted molar refractivity (Wildman–Crippen MR) is 150 cm³/mol. The Hall–Kier alpha value is -3.70. The van der Waals surface area contributed by atoms with Gasteiger partial charge in [0.25, 0.3) is 0 Å². The van der Waals surface area contributed by atoms with E-state index in [9.17, 15) is 29.0 Å². The van der Waals surface area contributed by atoms with Crippen molar-refractivity contribution in [2.75, 3.05) is 20.1 Å². The summed E-state index contributed by atoms with van der Waals surface area (Å²) in [5.74, 6) is -1.17. The molecule has 0 saturated heterocycles. The third kappa shape index (κ3) is 7.74. The number of rotatable bonds is 3. The monoisotopic (exact) mass is 570 g/mol. The molecule has 11 heteroatoms. The van der Waals surface area contributed by atoms with Crippen molar-refractivity contribution in [2.24, 2.45) is 5.92 Å². The van der Waals surface area contributed by atoms with Gasteiger partial charge in [-0.3, -0.25) is 14.4 Å². The van der Waals surface area contributed by atoms with Gasteiger partial charge in [0.1, 0.15) is 41.6 Å². The van der Waals surface area contributed by atoms with Crippen molar-refractivity contribution in [2.45, 2.75) is 69.9 Å². The number of hydrogen-bond acceptors (Lipinski definition) is 7. The van der Waals surface area contributed by atoms with Gasteiger partial charge in [0.15, 0.2) is 0 Å². The molecule has 5 atom stereocenters. The van der Waals surface area contributed by atoms with Crippen molar-refractivity contribution < 1.29 is 33.7 Å². The number of phenols is 1. The molecule has 0 spiro atoms. The molecule has 10 nitrogen and oxygen atoms in total. The summed E-state index contributed by atoms with van der Waals surface area (Å²) < 4.78 is 19.7. The van der Waals surface area contributed by atoms with Crippen LogP contribution in [0, 0.1) is 11.7 Å². The summed E-state index contributed by atoms with van der Waals surface area (Å²) in [5, 5.41) is 29.8. The minimum Gasteiger partial charge on any atom is -0.508 e. The molecule has 5 N–H and O–H groups in total. The number of likely N-dealkylation sites (N-methyl/N-ethyl adjacent to an activating group) is 1. The molecular weight excluding hydrogens is 531 g/mol. The van der Waals surface area contributed by atoms with Crippen molar-refractivity contribution in [3.63, 3.8) is 0 Å². The molecule has 0 aromatic heterocycles. The molecule has 2 aromatic rings. The molecule has 2 aliphatic rings. The van der Waals surface area contributed by atoms with Crippen molar-refractivity contribution >= 4 is 17.7 Å². The Morgan fingerprint density at radius 1 is 1.05 bits per heavy atom. The molecule has 1 heterocycles. The van der Waals surface area contributed by atoms with E-state index in [4.69, 9.17) is 4.74 Å². The van der Waals surface area contributed by atoms with E-state index in [2.05, 4.69) is 16.0 Å². The first-order valence-corrected chi connectivity index (χ1v) is 14.1. The first-order chi connectivity index (χ1) is 19.5. The highest BCUT2D eigenvalue weighted by atomic mass is 19.1. The van der Waals surface area contributed by atoms with Crippen LogP contribution in [0.1, 0.15) is 50.3 Å². The fourth-order valence-corrected chi connectivity index (χ4v) is 4.91. The first kappa shape index (κ1) is 30.3. The molecule has 4 rings (SSSR count). The molecule has 3 amide bonds. The number of hydrogen-bond donors (Lipinski definition) is 5. The van der Waals surface area contributed by atoms with Gasteiger partial charge in [-0.25, -0.2) is 4.39 Å². The zero-order chi connectivity index (χ0) is 29.7. The van der Waals surface area contributed by atoms with Gasteiger partial charge >= 0.3 is 0 Å². The van der Waals surface area contributed by atoms with Gasteiger partial charge in [-0.05, 0) is 86.9 Å². The number of carbonyl (C=O) groups excluding carboxylic acids is 3. The number of ether oxygens (including phenoxy) is 1. The van der Waals surface area contributed by atoms with Gasteiger partial charge in [0.2, 0.25) is 17.7 Å². The molecule has 0 bridgehead atoms. The van der Waals surface area contributed by atoms with Gasteiger partial charge < -0.3 is 35.8 Å². The number of benzene rings is 2. The standard InChI is InChI=1S/C30H39FN4O6/c1-17-16-33-25(19-6-7-19)30(40)35(3)18(2)28(38)34-26(27(37)20-8-10-22(31)11-9-20)29(39)32-14-4-5-21-15-23(36)12-13-24(21)41-17/h8-13,15,17-19,25-27,33,36-37H,4-7,14,16H2,1-3H3,(H,32,39)(H,34,38)/t17-,18-,25+,26-,27+/m1/s1. The van der Waals surface area contributed by atoms with E-state index in [1.54, 1.807) is 25.1 Å². The Labute approximate surface area is 239 Å². The number of fused-ring (bicyclic) bond motifs is 1. The predicted octanol–water partition coefficient (Wildman–Crippen LogP) is 1.79. The van der Waals surface area contributed by atoms with Gasteiger partial charge in [0, 0.05) is 20.1 Å². The minimum absolute atomic E-state index is 0.0889. The highest BCUT2D eigenvalue weighted by molar-refractivity contribution is 5.93. The summed E-state index contributed by atoms with van der Waals surface area (Å²) in [6.45, 7) is 4.06. The fraction of sp³-hybridized carbons (Fsp3) is 0.500. The topological polar surface area (TPSA) is 140 Å². The van der Waals surface area contributed by atoms with Crippen LogP contribution in [0.3, 0.4) is 0 Å². The summed E-state index contributed by atoms with van der Waals surface area (Å²) in [5.41, 5.74) is 1.01. The maximum absolute atomic E-state index is 13.5. The second-order valence-electron chi connectivity index (χ2n) is 10.9. The number of aromatic hydroxyl groups is 1. The average molecular weight is 571 g/mol. The van der Waals surface area contributed by atoms with Gasteiger partial charge in [-0.15, -0.1) is 0 Å². The van der Waals surface area contributed by atoms with Gasteiger partial charge in [-0.1, -0.05) is 12.1 Å². The third-order valence-electron chi connectivity index (χ3n) is 7.69. The maximum atomic E-state index is 13.5. The van der Waals surface area contributed by atoms with E-state index in [0.29, 0.717) is 25.1 Å². The quantitative estimate of drug-likeness (QED) is 0.379. The molecule has 222 valence electrons. The third-order valence-corrected chi connectivity index (χ3v) is 7.69. The normalized spacial score (nSPS) is 26.1. The Morgan fingerprint density at radius 3 is 2.44 bits per heavy atom. The number of halogens is 1. The maximum Gasteiger partial charge on any atom is 0.245 e. The fourth-order valence-electron chi connectivity index (χ4n) is 4.91. The molecule has 1 aliphatic heterocycles. The smallest absolute Gasteiger partial charge is 0.245 e. The number of aliphatic hydroxyl groups excluding tert-OH is 1. The highest BCUT2D eigenvalue weighted by Crippen LogP contribution is 2.34. The Kier molecular flexibility index (Phi) is 9.82. The Balaban J connectivity index is 1.61. The largest absolute Gasteiger partial charge is 0.508 e. The van der Waals surface area contributed by atoms with Crippen LogP contribution in [-0.4, -0.2) is 77.2 Å². The summed E-state index contributed by atoms with van der Waals surface area (Å²) in [6, 6.07) is 7.03. The second kappa shape index (κ2) is 13.3. The molecule has 0 radical (unpaired) electrons. The molecular formula is C30H39FN4O6. The Morgan fingerprint density at radius 2 is 1.76 bits per heavy atom. The van der Waals surface area contributed by atoms with E-state index in [1.807, 2.05) is 6.92 Å². The number of phenolic OH excluding ortho intramolecular Hbond substituents is 1. The number of nitrogens with zero attached hydrogens (tertiary/aromatic N) is 1. The number of aliphatic hydroxyl groups is 1. The van der Waals surface area contributed by atoms with E-state index >= 15 is 0 Å². The van der Waals surface area contributed by atoms with Crippen molar-refractivity contribution in [1.29, 1.82) is 0 Å². The van der Waals surface area contributed by atoms with Crippen LogP contribution in [0.5, 0.6) is 11.5 Å². The average Bonchev–Trinajstić information content (AvgIpc) is 3.79. The lowest BCUT2D eigenvalue weighted by Crippen LogP contribution is -2.57. The first-order valence-electron chi connectivity index (χ1n) is 14.1. The zero-order valence-corrected chi connectivity index (χ0v) is 23.6. The van der Waals surface area contributed by atoms with E-state index < -0.39 is 41.9 Å². The SMILES string of the molecule is C[C@@H]1CN[C@@H](C2CC2)C(=O)N(C)[C@H](C)C(=O)N[C@H]([C@@H](O)c2ccc(F)cc2)C(=O)NCCCc2cc(O)ccc2O1. The highest BCUT2D eigenvalue weighted by Gasteiger charge is 2.40. The minimum atomic E-state index is -1.47. The van der Waals surface area contributed by atoms with Crippen LogP contribution in [0.2, 0.25) is 0 Å². The molecule has 1 fully saturated rings. The van der Waals surface area contributed by atoms with Crippen LogP contribution in [0.25, 0.3) is 0 Å². The molecule has 2 aromatic carbocycles. The summed E-state index contributed by atoms with van der Waals surface area (Å²) in [7, 11) is 1.54. The molecule has 1 aliphatic carbocycles. The lowest BCUT2D eigenvalue weighted by molar-refractivity contribution is -0.142. The lowest BCUT2D eigenvalue weighted by Gasteiger charge is -2.31. The summed E-state index contributed by atoms with van der Waals surface area (Å²) in [4.78, 5) is 41.4. The van der Waals surface area contributed by atoms with Crippen LogP contribution in [0.4, 0.5) is 4.39 Å². The lowest BCUT2D eigenvalue weighted by atomic mass is 10.0. The number of nitrogens with one attached hydrogen (secondary N) is 3. The number of carbonyl (C=O) groups is 3. The van der Waals surface area contributed by atoms with E-state index in [0.717, 1.165) is 30.5 Å². The summed E-state index contributed by atoms with van der Waals surface area (Å²) in [6.07, 6.45) is 0.996. The zero-order valence-electron chi connectivity index (χ0n) is 23.6. The van der Waals surface area contributed by atoms with Crippen LogP contribution < -0.4 is 20.7 Å². The Bertz CT molecular complexity index is 1240. The number of amides is 3. The molecule has 1 saturated carbocycles. The van der Waals surface area contributed by atoms with Crippen molar-refractivity contribution in [1.82, 2.24) is 20.9 Å². The van der Waals surface area contributed by atoms with Crippen LogP contribution in [-0.2, 0) is 20.8 Å². The number of aryl methyl sites for hydroxylation is 1. The van der Waals surface area contributed by atoms with E-state index in [1.165, 1.54) is 24.1 Å². The summed E-state index contributed by atoms with van der Waals surface area (Å²) >= 11 is 0. The van der Waals surface area contributed by atoms with Gasteiger partial charge in [0.05, 0.1) is 6.04 Å². The molecule has 41 heavy (non-hydrogen) atoms. The van der Waals surface area contributed by atoms with E-state index in [-0.39, 0.29) is 35.8 Å². The van der Waals surface area contributed by atoms with Gasteiger partial charge in [-0.2, -0.15) is 0 Å².